The molecule has 30 nitrogen and oxygen atoms in total. The van der Waals surface area contributed by atoms with Gasteiger partial charge in [-0.1, -0.05) is 64.4 Å². The smallest absolute Gasteiger partial charge is 0.326 e. The SMILES string of the molecule is CC[C@H](C)[C@H](NC(=O)[C@H](CCC(=O)O)NC(=O)[C@H](CC(C)C)NC(=O)[C@H](Cc1ccccc1)NC(=O)[C@@H](N)CC(=O)O)C(=O)N1CCC[C@H]1C(=O)N[C@@H](CCC(=O)O)C(=O)N[C@@H](CCC(=O)O)C(=O)N[C@@H](CCCN=C(N)N)C(=O)O. The number of benzene rings is 1. The van der Waals surface area contributed by atoms with Crippen molar-refractivity contribution in [1.29, 1.82) is 0 Å². The Morgan fingerprint density at radius 1 is 0.605 bits per heavy atom. The Hall–Kier alpha value is -8.44. The molecule has 30 heteroatoms. The van der Waals surface area contributed by atoms with Gasteiger partial charge in [-0.3, -0.25) is 62.5 Å². The van der Waals surface area contributed by atoms with Gasteiger partial charge in [0.15, 0.2) is 5.96 Å². The number of rotatable bonds is 37. The van der Waals surface area contributed by atoms with Gasteiger partial charge in [-0.2, -0.15) is 0 Å². The first-order chi connectivity index (χ1) is 38.0. The van der Waals surface area contributed by atoms with E-state index in [-0.39, 0.29) is 69.9 Å². The summed E-state index contributed by atoms with van der Waals surface area (Å²) < 4.78 is 0. The van der Waals surface area contributed by atoms with Crippen LogP contribution in [-0.2, 0) is 68.7 Å². The maximum absolute atomic E-state index is 14.6. The number of nitrogens with two attached hydrogens (primary N) is 3. The molecule has 1 aromatic rings. The highest BCUT2D eigenvalue weighted by Gasteiger charge is 2.42. The standard InChI is InChI=1S/C51H78N12O18/c1-5-27(4)41(62-45(75)32(17-20-39(68)69)57-46(76)34(23-26(2)3)61-47(77)35(24-28-11-7-6-8-12-28)60-42(72)29(52)25-40(70)71)49(79)63-22-10-14-36(63)48(78)58-31(16-19-38(66)67)43(73)56-30(15-18-37(64)65)44(74)59-33(50(80)81)13-9-21-55-51(53)54/h6-8,11-12,26-27,29-36,41H,5,9-10,13-25,52H2,1-4H3,(H,56,73)(H,57,76)(H,58,78)(H,59,74)(H,60,72)(H,61,77)(H,62,75)(H,64,65)(H,66,67)(H,68,69)(H,70,71)(H,80,81)(H4,53,54,55)/t27-,29-,30-,31-,32-,33-,34-,35-,36-,41-/m0/s1. The molecule has 8 amide bonds. The van der Waals surface area contributed by atoms with Crippen LogP contribution in [0, 0.1) is 11.8 Å². The molecule has 10 atom stereocenters. The van der Waals surface area contributed by atoms with E-state index in [1.807, 2.05) is 0 Å². The Morgan fingerprint density at radius 3 is 1.56 bits per heavy atom. The second kappa shape index (κ2) is 34.5. The Morgan fingerprint density at radius 2 is 1.07 bits per heavy atom. The maximum atomic E-state index is 14.6. The van der Waals surface area contributed by atoms with E-state index in [1.165, 1.54) is 0 Å². The minimum absolute atomic E-state index is 0.000691. The lowest BCUT2D eigenvalue weighted by molar-refractivity contribution is -0.144. The highest BCUT2D eigenvalue weighted by atomic mass is 16.4. The molecule has 0 unspecified atom stereocenters. The van der Waals surface area contributed by atoms with E-state index < -0.39 is 182 Å². The first-order valence-corrected chi connectivity index (χ1v) is 26.4. The van der Waals surface area contributed by atoms with E-state index in [9.17, 15) is 87.9 Å². The molecule has 0 saturated carbocycles. The van der Waals surface area contributed by atoms with Crippen molar-refractivity contribution >= 4 is 83.1 Å². The number of hydrogen-bond acceptors (Lipinski definition) is 15. The fourth-order valence-corrected chi connectivity index (χ4v) is 8.47. The van der Waals surface area contributed by atoms with Crippen molar-refractivity contribution in [3.05, 3.63) is 35.9 Å². The molecule has 2 rings (SSSR count). The van der Waals surface area contributed by atoms with Gasteiger partial charge in [0.2, 0.25) is 47.3 Å². The fraction of sp³-hybridized carbons (Fsp3) is 0.608. The van der Waals surface area contributed by atoms with Gasteiger partial charge < -0.3 is 84.9 Å². The van der Waals surface area contributed by atoms with Crippen molar-refractivity contribution in [3.63, 3.8) is 0 Å². The van der Waals surface area contributed by atoms with Gasteiger partial charge in [0, 0.05) is 38.8 Å². The summed E-state index contributed by atoms with van der Waals surface area (Å²) in [6, 6.07) is -5.34. The first-order valence-electron chi connectivity index (χ1n) is 26.4. The first kappa shape index (κ1) is 68.7. The van der Waals surface area contributed by atoms with Crippen LogP contribution >= 0.6 is 0 Å². The molecule has 1 aliphatic heterocycles. The van der Waals surface area contributed by atoms with E-state index in [1.54, 1.807) is 58.0 Å². The molecule has 1 fully saturated rings. The summed E-state index contributed by atoms with van der Waals surface area (Å²) in [5.74, 6) is -16.1. The molecule has 0 aromatic heterocycles. The molecule has 1 saturated heterocycles. The number of carboxylic acid groups (broad SMARTS) is 5. The summed E-state index contributed by atoms with van der Waals surface area (Å²) >= 11 is 0. The Labute approximate surface area is 466 Å². The number of nitrogens with zero attached hydrogens (tertiary/aromatic N) is 2. The Bertz CT molecular complexity index is 2420. The summed E-state index contributed by atoms with van der Waals surface area (Å²) in [7, 11) is 0. The third-order valence-electron chi connectivity index (χ3n) is 13.0. The largest absolute Gasteiger partial charge is 0.481 e. The van der Waals surface area contributed by atoms with Crippen LogP contribution in [-0.4, -0.2) is 181 Å². The Balaban J connectivity index is 2.43. The number of carboxylic acids is 5. The lowest BCUT2D eigenvalue weighted by Gasteiger charge is -2.33. The van der Waals surface area contributed by atoms with Crippen LogP contribution in [0.5, 0.6) is 0 Å². The van der Waals surface area contributed by atoms with Crippen molar-refractivity contribution in [2.24, 2.45) is 34.0 Å². The molecular formula is C51H78N12O18. The van der Waals surface area contributed by atoms with Gasteiger partial charge in [-0.05, 0) is 68.8 Å². The van der Waals surface area contributed by atoms with Crippen molar-refractivity contribution in [2.45, 2.75) is 172 Å². The molecule has 81 heavy (non-hydrogen) atoms. The molecule has 1 heterocycles. The van der Waals surface area contributed by atoms with Crippen molar-refractivity contribution in [1.82, 2.24) is 42.1 Å². The maximum Gasteiger partial charge on any atom is 0.326 e. The van der Waals surface area contributed by atoms with Crippen molar-refractivity contribution in [2.75, 3.05) is 13.1 Å². The predicted octanol–water partition coefficient (Wildman–Crippen LogP) is -2.76. The zero-order chi connectivity index (χ0) is 61.1. The van der Waals surface area contributed by atoms with Crippen LogP contribution < -0.4 is 54.4 Å². The zero-order valence-corrected chi connectivity index (χ0v) is 45.7. The number of guanidine groups is 1. The minimum Gasteiger partial charge on any atom is -0.481 e. The monoisotopic (exact) mass is 1150 g/mol. The quantitative estimate of drug-likeness (QED) is 0.0182. The lowest BCUT2D eigenvalue weighted by atomic mass is 9.96. The number of likely N-dealkylation sites (tertiary alicyclic amines) is 1. The minimum atomic E-state index is -1.72. The number of carbonyl (C=O) groups excluding carboxylic acids is 8. The van der Waals surface area contributed by atoms with Crippen LogP contribution in [0.3, 0.4) is 0 Å². The number of amides is 8. The molecule has 450 valence electrons. The fourth-order valence-electron chi connectivity index (χ4n) is 8.47. The second-order valence-corrected chi connectivity index (χ2v) is 20.0. The third kappa shape index (κ3) is 25.1. The van der Waals surface area contributed by atoms with E-state index in [2.05, 4.69) is 42.2 Å². The molecule has 18 N–H and O–H groups in total. The molecule has 0 radical (unpaired) electrons. The number of aliphatic carboxylic acids is 5. The van der Waals surface area contributed by atoms with E-state index in [0.29, 0.717) is 5.56 Å². The predicted molar refractivity (Wildman–Crippen MR) is 286 cm³/mol. The second-order valence-electron chi connectivity index (χ2n) is 20.0. The normalized spacial score (nSPS) is 16.2. The summed E-state index contributed by atoms with van der Waals surface area (Å²) in [5.41, 5.74) is 16.9. The van der Waals surface area contributed by atoms with Crippen LogP contribution in [0.25, 0.3) is 0 Å². The van der Waals surface area contributed by atoms with E-state index in [0.717, 1.165) is 4.90 Å². The highest BCUT2D eigenvalue weighted by Crippen LogP contribution is 2.23. The number of carbonyl (C=O) groups is 13. The van der Waals surface area contributed by atoms with Crippen LogP contribution in [0.2, 0.25) is 0 Å². The van der Waals surface area contributed by atoms with E-state index >= 15 is 0 Å². The van der Waals surface area contributed by atoms with Crippen molar-refractivity contribution in [3.8, 4) is 0 Å². The molecule has 1 aliphatic rings. The van der Waals surface area contributed by atoms with Crippen LogP contribution in [0.4, 0.5) is 0 Å². The average molecular weight is 1150 g/mol. The third-order valence-corrected chi connectivity index (χ3v) is 13.0. The topological polar surface area (TPSA) is 501 Å². The summed E-state index contributed by atoms with van der Waals surface area (Å²) in [6.07, 6.45) is -4.28. The number of aliphatic imine (C=N–C) groups is 1. The molecule has 1 aromatic carbocycles. The summed E-state index contributed by atoms with van der Waals surface area (Å²) in [5, 5.41) is 64.6. The molecule has 0 spiro atoms. The number of nitrogens with one attached hydrogen (secondary N) is 7. The molecular weight excluding hydrogens is 1070 g/mol. The molecule has 0 bridgehead atoms. The number of hydrogen-bond donors (Lipinski definition) is 15. The van der Waals surface area contributed by atoms with Gasteiger partial charge in [0.05, 0.1) is 12.5 Å². The molecule has 0 aliphatic carbocycles. The summed E-state index contributed by atoms with van der Waals surface area (Å²) in [4.78, 5) is 175. The van der Waals surface area contributed by atoms with Crippen LogP contribution in [0.1, 0.15) is 117 Å². The van der Waals surface area contributed by atoms with Crippen LogP contribution in [0.15, 0.2) is 35.3 Å². The van der Waals surface area contributed by atoms with Gasteiger partial charge in [0.25, 0.3) is 0 Å². The van der Waals surface area contributed by atoms with Gasteiger partial charge in [-0.15, -0.1) is 0 Å². The summed E-state index contributed by atoms with van der Waals surface area (Å²) in [6.45, 7) is 6.67. The van der Waals surface area contributed by atoms with Gasteiger partial charge >= 0.3 is 29.8 Å². The van der Waals surface area contributed by atoms with E-state index in [4.69, 9.17) is 17.2 Å². The lowest BCUT2D eigenvalue weighted by Crippen LogP contribution is -2.61. The Kier molecular flexibility index (Phi) is 29.3. The zero-order valence-electron chi connectivity index (χ0n) is 45.7. The average Bonchev–Trinajstić information content (AvgIpc) is 3.90. The highest BCUT2D eigenvalue weighted by molar-refractivity contribution is 5.99. The van der Waals surface area contributed by atoms with Gasteiger partial charge in [0.1, 0.15) is 48.3 Å². The van der Waals surface area contributed by atoms with Gasteiger partial charge in [-0.25, -0.2) is 4.79 Å². The van der Waals surface area contributed by atoms with Crippen molar-refractivity contribution < 1.29 is 87.9 Å².